The number of fused-ring (bicyclic) bond motifs is 2. The second-order valence-electron chi connectivity index (χ2n) is 9.22. The second-order valence-corrected chi connectivity index (χ2v) is 9.22. The summed E-state index contributed by atoms with van der Waals surface area (Å²) in [5.41, 5.74) is 6.20. The number of allylic oxidation sites excluding steroid dienone is 7. The highest BCUT2D eigenvalue weighted by Crippen LogP contribution is 2.47. The molecular formula is C30H28N4. The predicted octanol–water partition coefficient (Wildman–Crippen LogP) is 6.22. The summed E-state index contributed by atoms with van der Waals surface area (Å²) in [6.07, 6.45) is 22.7. The zero-order chi connectivity index (χ0) is 22.9. The lowest BCUT2D eigenvalue weighted by atomic mass is 9.86. The van der Waals surface area contributed by atoms with Gasteiger partial charge in [0.15, 0.2) is 0 Å². The van der Waals surface area contributed by atoms with E-state index in [2.05, 4.69) is 118 Å². The minimum Gasteiger partial charge on any atom is -0.376 e. The average molecular weight is 445 g/mol. The fourth-order valence-corrected chi connectivity index (χ4v) is 5.70. The summed E-state index contributed by atoms with van der Waals surface area (Å²) in [4.78, 5) is 5.01. The minimum absolute atomic E-state index is 0.142. The van der Waals surface area contributed by atoms with Gasteiger partial charge < -0.3 is 15.1 Å². The van der Waals surface area contributed by atoms with Gasteiger partial charge in [-0.3, -0.25) is 0 Å². The van der Waals surface area contributed by atoms with Gasteiger partial charge in [-0.1, -0.05) is 66.8 Å². The third-order valence-electron chi connectivity index (χ3n) is 7.28. The standard InChI is InChI=1S/C30H28N4/c31-21-26-25(14-9-19-32-26)22-10-8-13-24(20-22)34-29-17-6-4-15-27(29)33(23-11-2-1-3-12-23)28-16-5-7-18-30(28)34/h1-2,4-11,13,15-20,25-27,29,32H,3,12,14H2. The Hall–Kier alpha value is -3.97. The Balaban J connectivity index is 1.47. The molecule has 4 heteroatoms. The van der Waals surface area contributed by atoms with Gasteiger partial charge in [0.05, 0.1) is 29.5 Å². The molecule has 0 saturated heterocycles. The first-order valence-corrected chi connectivity index (χ1v) is 12.1. The van der Waals surface area contributed by atoms with Gasteiger partial charge in [-0.15, -0.1) is 0 Å². The fraction of sp³-hybridized carbons (Fsp3) is 0.233. The molecule has 0 amide bonds. The number of para-hydroxylation sites is 2. The quantitative estimate of drug-likeness (QED) is 0.610. The third kappa shape index (κ3) is 3.45. The van der Waals surface area contributed by atoms with E-state index in [1.807, 2.05) is 6.20 Å². The third-order valence-corrected chi connectivity index (χ3v) is 7.28. The second kappa shape index (κ2) is 8.76. The van der Waals surface area contributed by atoms with Gasteiger partial charge in [0.25, 0.3) is 0 Å². The molecule has 2 aromatic rings. The maximum Gasteiger partial charge on any atom is 0.121 e. The minimum atomic E-state index is -0.207. The van der Waals surface area contributed by atoms with Crippen molar-refractivity contribution < 1.29 is 0 Å². The zero-order valence-electron chi connectivity index (χ0n) is 19.1. The molecular weight excluding hydrogens is 416 g/mol. The van der Waals surface area contributed by atoms with Crippen LogP contribution in [0.1, 0.15) is 30.7 Å². The zero-order valence-corrected chi connectivity index (χ0v) is 19.1. The van der Waals surface area contributed by atoms with Gasteiger partial charge in [-0.25, -0.2) is 0 Å². The fourth-order valence-electron chi connectivity index (χ4n) is 5.70. The molecule has 4 unspecified atom stereocenters. The molecule has 0 radical (unpaired) electrons. The van der Waals surface area contributed by atoms with E-state index >= 15 is 0 Å². The molecule has 0 saturated carbocycles. The van der Waals surface area contributed by atoms with Crippen LogP contribution in [0.5, 0.6) is 0 Å². The number of nitrogens with zero attached hydrogens (tertiary/aromatic N) is 3. The van der Waals surface area contributed by atoms with E-state index in [4.69, 9.17) is 0 Å². The summed E-state index contributed by atoms with van der Waals surface area (Å²) in [6.45, 7) is 0. The molecule has 2 aromatic carbocycles. The topological polar surface area (TPSA) is 42.3 Å². The highest BCUT2D eigenvalue weighted by atomic mass is 15.3. The van der Waals surface area contributed by atoms with Gasteiger partial charge in [0.1, 0.15) is 6.04 Å². The SMILES string of the molecule is N#CC1NC=CCC1c1cccc(N2c3ccccc3N(C3=CC=CCC3)C3C=CC=CC32)c1. The van der Waals surface area contributed by atoms with E-state index in [-0.39, 0.29) is 24.0 Å². The Bertz CT molecular complexity index is 1270. The molecule has 0 bridgehead atoms. The van der Waals surface area contributed by atoms with Gasteiger partial charge in [0, 0.05) is 17.3 Å². The van der Waals surface area contributed by atoms with Crippen LogP contribution >= 0.6 is 0 Å². The molecule has 6 rings (SSSR count). The normalized spacial score (nSPS) is 26.9. The maximum atomic E-state index is 9.69. The van der Waals surface area contributed by atoms with E-state index in [9.17, 15) is 5.26 Å². The average Bonchev–Trinajstić information content (AvgIpc) is 2.92. The first-order valence-electron chi connectivity index (χ1n) is 12.1. The Morgan fingerprint density at radius 3 is 2.44 bits per heavy atom. The number of rotatable bonds is 3. The summed E-state index contributed by atoms with van der Waals surface area (Å²) < 4.78 is 0. The van der Waals surface area contributed by atoms with Crippen LogP contribution in [-0.2, 0) is 0 Å². The van der Waals surface area contributed by atoms with Crippen molar-refractivity contribution in [1.29, 1.82) is 5.26 Å². The van der Waals surface area contributed by atoms with Crippen molar-refractivity contribution in [3.63, 3.8) is 0 Å². The van der Waals surface area contributed by atoms with Gasteiger partial charge in [-0.2, -0.15) is 5.26 Å². The smallest absolute Gasteiger partial charge is 0.121 e. The molecule has 0 spiro atoms. The number of hydrogen-bond donors (Lipinski definition) is 1. The van der Waals surface area contributed by atoms with E-state index < -0.39 is 0 Å². The number of nitriles is 1. The van der Waals surface area contributed by atoms with Crippen molar-refractivity contribution in [3.8, 4) is 6.07 Å². The predicted molar refractivity (Wildman–Crippen MR) is 139 cm³/mol. The number of benzene rings is 2. The highest BCUT2D eigenvalue weighted by molar-refractivity contribution is 5.84. The van der Waals surface area contributed by atoms with E-state index in [0.717, 1.165) is 19.3 Å². The Kier molecular flexibility index (Phi) is 5.31. The molecule has 4 nitrogen and oxygen atoms in total. The lowest BCUT2D eigenvalue weighted by Crippen LogP contribution is -2.53. The van der Waals surface area contributed by atoms with Gasteiger partial charge in [-0.05, 0) is 61.4 Å². The molecule has 4 aliphatic rings. The van der Waals surface area contributed by atoms with Crippen LogP contribution in [0.2, 0.25) is 0 Å². The van der Waals surface area contributed by atoms with Crippen LogP contribution in [0.4, 0.5) is 17.1 Å². The van der Waals surface area contributed by atoms with Crippen LogP contribution in [0.15, 0.2) is 109 Å². The molecule has 0 fully saturated rings. The molecule has 2 aliphatic heterocycles. The van der Waals surface area contributed by atoms with E-state index in [1.54, 1.807) is 0 Å². The highest BCUT2D eigenvalue weighted by Gasteiger charge is 2.39. The van der Waals surface area contributed by atoms with Gasteiger partial charge >= 0.3 is 0 Å². The molecule has 2 heterocycles. The summed E-state index contributed by atoms with van der Waals surface area (Å²) in [6, 6.07) is 20.2. The first kappa shape index (κ1) is 20.6. The number of anilines is 3. The molecule has 168 valence electrons. The van der Waals surface area contributed by atoms with E-state index in [1.165, 1.54) is 28.3 Å². The first-order chi connectivity index (χ1) is 16.8. The van der Waals surface area contributed by atoms with Crippen molar-refractivity contribution in [2.24, 2.45) is 0 Å². The van der Waals surface area contributed by atoms with Crippen molar-refractivity contribution in [2.45, 2.75) is 43.3 Å². The van der Waals surface area contributed by atoms with E-state index in [0.29, 0.717) is 0 Å². The Morgan fingerprint density at radius 1 is 0.882 bits per heavy atom. The van der Waals surface area contributed by atoms with Crippen LogP contribution in [0.25, 0.3) is 0 Å². The van der Waals surface area contributed by atoms with Crippen LogP contribution < -0.4 is 15.1 Å². The Morgan fingerprint density at radius 2 is 1.68 bits per heavy atom. The summed E-state index contributed by atoms with van der Waals surface area (Å²) in [5.74, 6) is 0.142. The van der Waals surface area contributed by atoms with Crippen molar-refractivity contribution in [2.75, 3.05) is 9.80 Å². The van der Waals surface area contributed by atoms with Crippen molar-refractivity contribution >= 4 is 17.1 Å². The monoisotopic (exact) mass is 444 g/mol. The largest absolute Gasteiger partial charge is 0.376 e. The molecule has 34 heavy (non-hydrogen) atoms. The molecule has 2 aliphatic carbocycles. The van der Waals surface area contributed by atoms with Crippen molar-refractivity contribution in [1.82, 2.24) is 5.32 Å². The molecule has 4 atom stereocenters. The van der Waals surface area contributed by atoms with Crippen LogP contribution in [-0.4, -0.2) is 18.1 Å². The molecule has 0 aromatic heterocycles. The lowest BCUT2D eigenvalue weighted by Gasteiger charge is -2.50. The number of nitrogens with one attached hydrogen (secondary N) is 1. The van der Waals surface area contributed by atoms with Crippen LogP contribution in [0, 0.1) is 11.3 Å². The lowest BCUT2D eigenvalue weighted by molar-refractivity contribution is 0.541. The summed E-state index contributed by atoms with van der Waals surface area (Å²) >= 11 is 0. The van der Waals surface area contributed by atoms with Crippen LogP contribution in [0.3, 0.4) is 0 Å². The Labute approximate surface area is 201 Å². The summed E-state index contributed by atoms with van der Waals surface area (Å²) in [7, 11) is 0. The van der Waals surface area contributed by atoms with Gasteiger partial charge in [0.2, 0.25) is 0 Å². The maximum absolute atomic E-state index is 9.69. The van der Waals surface area contributed by atoms with Crippen molar-refractivity contribution in [3.05, 3.63) is 115 Å². The molecule has 1 N–H and O–H groups in total. The number of hydrogen-bond acceptors (Lipinski definition) is 4. The summed E-state index contributed by atoms with van der Waals surface area (Å²) in [5, 5.41) is 12.9.